The summed E-state index contributed by atoms with van der Waals surface area (Å²) < 4.78 is 27.5. The van der Waals surface area contributed by atoms with Gasteiger partial charge >= 0.3 is 0 Å². The molecule has 0 aliphatic carbocycles. The maximum atomic E-state index is 14.1. The molecular formula is C15H22F2N2. The summed E-state index contributed by atoms with van der Waals surface area (Å²) in [6.45, 7) is 5.59. The van der Waals surface area contributed by atoms with Crippen molar-refractivity contribution in [2.24, 2.45) is 11.7 Å². The van der Waals surface area contributed by atoms with E-state index in [2.05, 4.69) is 18.7 Å². The van der Waals surface area contributed by atoms with Crippen LogP contribution in [0.3, 0.4) is 0 Å². The monoisotopic (exact) mass is 268 g/mol. The van der Waals surface area contributed by atoms with Crippen LogP contribution in [0.15, 0.2) is 18.2 Å². The summed E-state index contributed by atoms with van der Waals surface area (Å²) in [7, 11) is 0. The van der Waals surface area contributed by atoms with Crippen molar-refractivity contribution < 1.29 is 8.78 Å². The maximum Gasteiger partial charge on any atom is 0.128 e. The summed E-state index contributed by atoms with van der Waals surface area (Å²) in [6.07, 6.45) is 2.04. The molecule has 1 aromatic carbocycles. The van der Waals surface area contributed by atoms with Gasteiger partial charge in [0.15, 0.2) is 0 Å². The first kappa shape index (κ1) is 14.4. The van der Waals surface area contributed by atoms with Gasteiger partial charge in [-0.2, -0.15) is 0 Å². The third-order valence-electron chi connectivity index (χ3n) is 4.04. The lowest BCUT2D eigenvalue weighted by atomic mass is 9.83. The molecule has 1 aliphatic rings. The minimum Gasteiger partial charge on any atom is -0.330 e. The van der Waals surface area contributed by atoms with E-state index in [1.54, 1.807) is 0 Å². The molecule has 0 saturated carbocycles. The Morgan fingerprint density at radius 3 is 2.74 bits per heavy atom. The van der Waals surface area contributed by atoms with Gasteiger partial charge in [-0.1, -0.05) is 0 Å². The van der Waals surface area contributed by atoms with Gasteiger partial charge in [0.25, 0.3) is 0 Å². The quantitative estimate of drug-likeness (QED) is 0.912. The van der Waals surface area contributed by atoms with Crippen LogP contribution in [0, 0.1) is 17.6 Å². The predicted molar refractivity (Wildman–Crippen MR) is 72.7 cm³/mol. The zero-order valence-corrected chi connectivity index (χ0v) is 11.6. The standard InChI is InChI=1S/C15H22F2N2/c1-10(2)19-7-3-4-11(9-18)15(19)13-8-12(16)5-6-14(13)17/h5-6,8,10-11,15H,3-4,7,9,18H2,1-2H3. The Hall–Kier alpha value is -1.00. The molecule has 0 radical (unpaired) electrons. The number of piperidine rings is 1. The maximum absolute atomic E-state index is 14.1. The van der Waals surface area contributed by atoms with Crippen molar-refractivity contribution >= 4 is 0 Å². The number of nitrogens with zero attached hydrogens (tertiary/aromatic N) is 1. The Bertz CT molecular complexity index is 434. The van der Waals surface area contributed by atoms with Crippen LogP contribution in [-0.2, 0) is 0 Å². The second-order valence-electron chi connectivity index (χ2n) is 5.58. The molecule has 0 aromatic heterocycles. The highest BCUT2D eigenvalue weighted by Gasteiger charge is 2.34. The molecule has 0 bridgehead atoms. The van der Waals surface area contributed by atoms with Gasteiger partial charge in [-0.15, -0.1) is 0 Å². The molecule has 19 heavy (non-hydrogen) atoms. The Labute approximate surface area is 113 Å². The summed E-state index contributed by atoms with van der Waals surface area (Å²) in [4.78, 5) is 2.24. The van der Waals surface area contributed by atoms with Gasteiger partial charge in [-0.3, -0.25) is 4.90 Å². The first-order valence-electron chi connectivity index (χ1n) is 6.95. The van der Waals surface area contributed by atoms with Crippen LogP contribution >= 0.6 is 0 Å². The molecule has 4 heteroatoms. The number of likely N-dealkylation sites (tertiary alicyclic amines) is 1. The lowest BCUT2D eigenvalue weighted by molar-refractivity contribution is 0.0640. The van der Waals surface area contributed by atoms with E-state index in [0.717, 1.165) is 19.4 Å². The first-order valence-corrected chi connectivity index (χ1v) is 6.95. The van der Waals surface area contributed by atoms with Crippen LogP contribution in [0.5, 0.6) is 0 Å². The Morgan fingerprint density at radius 2 is 2.11 bits per heavy atom. The van der Waals surface area contributed by atoms with E-state index in [9.17, 15) is 8.78 Å². The summed E-state index contributed by atoms with van der Waals surface area (Å²) in [5.74, 6) is -0.536. The molecule has 106 valence electrons. The van der Waals surface area contributed by atoms with E-state index in [1.165, 1.54) is 18.2 Å². The minimum absolute atomic E-state index is 0.116. The number of hydrogen-bond donors (Lipinski definition) is 1. The van der Waals surface area contributed by atoms with Crippen molar-refractivity contribution in [3.63, 3.8) is 0 Å². The fourth-order valence-electron chi connectivity index (χ4n) is 3.10. The van der Waals surface area contributed by atoms with Crippen LogP contribution in [-0.4, -0.2) is 24.0 Å². The average molecular weight is 268 g/mol. The highest BCUT2D eigenvalue weighted by molar-refractivity contribution is 5.24. The summed E-state index contributed by atoms with van der Waals surface area (Å²) in [6, 6.07) is 3.88. The zero-order chi connectivity index (χ0) is 14.0. The molecule has 1 saturated heterocycles. The van der Waals surface area contributed by atoms with Crippen LogP contribution in [0.4, 0.5) is 8.78 Å². The van der Waals surface area contributed by atoms with Crippen molar-refractivity contribution in [1.29, 1.82) is 0 Å². The Morgan fingerprint density at radius 1 is 1.37 bits per heavy atom. The molecule has 1 fully saturated rings. The van der Waals surface area contributed by atoms with Crippen molar-refractivity contribution in [2.75, 3.05) is 13.1 Å². The second kappa shape index (κ2) is 5.97. The molecule has 1 aromatic rings. The third-order valence-corrected chi connectivity index (χ3v) is 4.04. The summed E-state index contributed by atoms with van der Waals surface area (Å²) in [5.41, 5.74) is 6.29. The van der Waals surface area contributed by atoms with E-state index in [4.69, 9.17) is 5.73 Å². The molecule has 2 N–H and O–H groups in total. The first-order chi connectivity index (χ1) is 9.04. The van der Waals surface area contributed by atoms with E-state index in [0.29, 0.717) is 18.2 Å². The molecule has 0 amide bonds. The summed E-state index contributed by atoms with van der Waals surface area (Å²) in [5, 5.41) is 0. The van der Waals surface area contributed by atoms with Crippen LogP contribution < -0.4 is 5.73 Å². The minimum atomic E-state index is -0.388. The van der Waals surface area contributed by atoms with Crippen molar-refractivity contribution in [2.45, 2.75) is 38.8 Å². The third kappa shape index (κ3) is 2.95. The summed E-state index contributed by atoms with van der Waals surface area (Å²) >= 11 is 0. The van der Waals surface area contributed by atoms with Crippen LogP contribution in [0.1, 0.15) is 38.3 Å². The number of halogens is 2. The van der Waals surface area contributed by atoms with E-state index >= 15 is 0 Å². The Balaban J connectivity index is 2.42. The van der Waals surface area contributed by atoms with Gasteiger partial charge < -0.3 is 5.73 Å². The van der Waals surface area contributed by atoms with Crippen molar-refractivity contribution in [3.05, 3.63) is 35.4 Å². The highest BCUT2D eigenvalue weighted by Crippen LogP contribution is 2.38. The SMILES string of the molecule is CC(C)N1CCCC(CN)C1c1cc(F)ccc1F. The van der Waals surface area contributed by atoms with Crippen molar-refractivity contribution in [1.82, 2.24) is 4.90 Å². The van der Waals surface area contributed by atoms with E-state index in [1.807, 2.05) is 0 Å². The Kier molecular flexibility index (Phi) is 4.53. The lowest BCUT2D eigenvalue weighted by Gasteiger charge is -2.43. The van der Waals surface area contributed by atoms with E-state index in [-0.39, 0.29) is 23.6 Å². The number of rotatable bonds is 3. The van der Waals surface area contributed by atoms with Gasteiger partial charge in [0.05, 0.1) is 0 Å². The van der Waals surface area contributed by atoms with Gasteiger partial charge in [0, 0.05) is 17.6 Å². The second-order valence-corrected chi connectivity index (χ2v) is 5.58. The molecule has 0 spiro atoms. The largest absolute Gasteiger partial charge is 0.330 e. The van der Waals surface area contributed by atoms with Gasteiger partial charge in [-0.05, 0) is 63.9 Å². The molecule has 1 aliphatic heterocycles. The van der Waals surface area contributed by atoms with Gasteiger partial charge in [-0.25, -0.2) is 8.78 Å². The van der Waals surface area contributed by atoms with Crippen LogP contribution in [0.25, 0.3) is 0 Å². The number of nitrogens with two attached hydrogens (primary N) is 1. The topological polar surface area (TPSA) is 29.3 Å². The smallest absolute Gasteiger partial charge is 0.128 e. The molecule has 2 nitrogen and oxygen atoms in total. The predicted octanol–water partition coefficient (Wildman–Crippen LogP) is 3.09. The zero-order valence-electron chi connectivity index (χ0n) is 11.6. The molecule has 2 rings (SSSR count). The number of hydrogen-bond acceptors (Lipinski definition) is 2. The fourth-order valence-corrected chi connectivity index (χ4v) is 3.10. The molecule has 1 heterocycles. The number of benzene rings is 1. The van der Waals surface area contributed by atoms with Gasteiger partial charge in [0.2, 0.25) is 0 Å². The lowest BCUT2D eigenvalue weighted by Crippen LogP contribution is -2.45. The molecule has 2 unspecified atom stereocenters. The average Bonchev–Trinajstić information content (AvgIpc) is 2.40. The van der Waals surface area contributed by atoms with Crippen LogP contribution in [0.2, 0.25) is 0 Å². The van der Waals surface area contributed by atoms with Gasteiger partial charge in [0.1, 0.15) is 11.6 Å². The highest BCUT2D eigenvalue weighted by atomic mass is 19.1. The molecule has 2 atom stereocenters. The van der Waals surface area contributed by atoms with E-state index < -0.39 is 0 Å². The normalized spacial score (nSPS) is 24.9. The molecular weight excluding hydrogens is 246 g/mol. The fraction of sp³-hybridized carbons (Fsp3) is 0.600. The van der Waals surface area contributed by atoms with Crippen molar-refractivity contribution in [3.8, 4) is 0 Å².